The highest BCUT2D eigenvalue weighted by Crippen LogP contribution is 2.29. The topological polar surface area (TPSA) is 113 Å². The van der Waals surface area contributed by atoms with Crippen LogP contribution in [0.4, 0.5) is 0 Å². The molecule has 0 saturated carbocycles. The molecule has 1 N–H and O–H groups in total. The Morgan fingerprint density at radius 3 is 2.52 bits per heavy atom. The molecule has 0 amide bonds. The number of carboxylic acids is 1. The molecule has 4 aromatic rings. The van der Waals surface area contributed by atoms with Crippen molar-refractivity contribution in [3.05, 3.63) is 96.9 Å². The molecule has 8 nitrogen and oxygen atoms in total. The molecule has 2 aromatic heterocycles. The summed E-state index contributed by atoms with van der Waals surface area (Å²) in [7, 11) is 1.45. The number of hydrogen-bond acceptors (Lipinski definition) is 7. The van der Waals surface area contributed by atoms with Crippen molar-refractivity contribution < 1.29 is 24.2 Å². The predicted octanol–water partition coefficient (Wildman–Crippen LogP) is 1.06. The number of ether oxygens (including phenoxy) is 2. The van der Waals surface area contributed by atoms with Crippen LogP contribution in [-0.2, 0) is 0 Å². The summed E-state index contributed by atoms with van der Waals surface area (Å²) < 4.78 is 12.0. The molecule has 2 heterocycles. The molecule has 9 heteroatoms. The van der Waals surface area contributed by atoms with Gasteiger partial charge in [-0.05, 0) is 52.9 Å². The molecule has 166 valence electrons. The highest BCUT2D eigenvalue weighted by atomic mass is 32.1. The quantitative estimate of drug-likeness (QED) is 0.339. The van der Waals surface area contributed by atoms with Gasteiger partial charge in [-0.2, -0.15) is 0 Å². The molecule has 0 bridgehead atoms. The summed E-state index contributed by atoms with van der Waals surface area (Å²) in [6, 6.07) is 14.0. The highest BCUT2D eigenvalue weighted by Gasteiger charge is 2.14. The van der Waals surface area contributed by atoms with E-state index in [1.165, 1.54) is 47.4 Å². The SMILES string of the molecule is C=c1[nH]n(-c2ccc(C(=O)[O-])cc2)c(=O)/c1=C/c1ccc(OC(=O)c2cccs2)c(OC)c1. The average molecular weight is 461 g/mol. The molecule has 4 rings (SSSR count). The van der Waals surface area contributed by atoms with E-state index in [1.807, 2.05) is 0 Å². The standard InChI is InChI=1S/C24H18N2O6S/c1-14-18(22(27)26(25-14)17-8-6-16(7-9-17)23(28)29)12-15-5-10-19(20(13-15)31-2)32-24(30)21-4-3-11-33-21/h3-13,25H,1H2,2H3,(H,28,29)/p-1/b18-12+. The Morgan fingerprint density at radius 1 is 1.12 bits per heavy atom. The van der Waals surface area contributed by atoms with E-state index in [0.717, 1.165) is 0 Å². The zero-order valence-corrected chi connectivity index (χ0v) is 18.2. The van der Waals surface area contributed by atoms with Crippen LogP contribution in [0.15, 0.2) is 64.8 Å². The summed E-state index contributed by atoms with van der Waals surface area (Å²) in [5, 5.41) is 16.3. The van der Waals surface area contributed by atoms with Crippen LogP contribution in [0.2, 0.25) is 0 Å². The number of methoxy groups -OCH3 is 1. The molecule has 0 aliphatic rings. The van der Waals surface area contributed by atoms with Gasteiger partial charge in [-0.3, -0.25) is 9.89 Å². The lowest BCUT2D eigenvalue weighted by molar-refractivity contribution is -0.255. The zero-order valence-electron chi connectivity index (χ0n) is 17.4. The van der Waals surface area contributed by atoms with Gasteiger partial charge >= 0.3 is 5.97 Å². The van der Waals surface area contributed by atoms with Gasteiger partial charge in [0.15, 0.2) is 11.5 Å². The number of H-pyrrole nitrogens is 1. The second-order valence-electron chi connectivity index (χ2n) is 6.90. The van der Waals surface area contributed by atoms with Crippen molar-refractivity contribution in [3.8, 4) is 17.2 Å². The van der Waals surface area contributed by atoms with Crippen LogP contribution in [-0.4, -0.2) is 28.8 Å². The molecule has 33 heavy (non-hydrogen) atoms. The smallest absolute Gasteiger partial charge is 0.353 e. The summed E-state index contributed by atoms with van der Waals surface area (Å²) in [5.74, 6) is -1.21. The number of nitrogens with zero attached hydrogens (tertiary/aromatic N) is 1. The van der Waals surface area contributed by atoms with Crippen LogP contribution in [0.5, 0.6) is 11.5 Å². The molecule has 0 fully saturated rings. The summed E-state index contributed by atoms with van der Waals surface area (Å²) in [6.45, 7) is 3.89. The van der Waals surface area contributed by atoms with Crippen LogP contribution < -0.4 is 30.7 Å². The number of esters is 1. The molecule has 0 atom stereocenters. The second-order valence-corrected chi connectivity index (χ2v) is 7.85. The van der Waals surface area contributed by atoms with Crippen LogP contribution in [0, 0.1) is 0 Å². The van der Waals surface area contributed by atoms with Gasteiger partial charge in [0.25, 0.3) is 5.56 Å². The average Bonchev–Trinajstić information content (AvgIpc) is 3.45. The van der Waals surface area contributed by atoms with E-state index in [-0.39, 0.29) is 16.9 Å². The Labute approximate surface area is 191 Å². The minimum atomic E-state index is -1.30. The molecule has 2 aromatic carbocycles. The lowest BCUT2D eigenvalue weighted by atomic mass is 10.1. The van der Waals surface area contributed by atoms with E-state index in [9.17, 15) is 19.5 Å². The number of aromatic amines is 1. The van der Waals surface area contributed by atoms with Gasteiger partial charge in [-0.25, -0.2) is 9.48 Å². The van der Waals surface area contributed by atoms with Crippen molar-refractivity contribution in [3.63, 3.8) is 0 Å². The first-order valence-corrected chi connectivity index (χ1v) is 10.5. The fourth-order valence-corrected chi connectivity index (χ4v) is 3.74. The summed E-state index contributed by atoms with van der Waals surface area (Å²) in [6.07, 6.45) is 1.63. The number of carbonyl (C=O) groups excluding carboxylic acids is 2. The van der Waals surface area contributed by atoms with Gasteiger partial charge in [0.1, 0.15) is 4.88 Å². The van der Waals surface area contributed by atoms with Gasteiger partial charge < -0.3 is 19.4 Å². The summed E-state index contributed by atoms with van der Waals surface area (Å²) >= 11 is 1.27. The highest BCUT2D eigenvalue weighted by molar-refractivity contribution is 7.12. The first kappa shape index (κ1) is 21.8. The largest absolute Gasteiger partial charge is 0.545 e. The van der Waals surface area contributed by atoms with E-state index in [1.54, 1.807) is 41.8 Å². The van der Waals surface area contributed by atoms with E-state index in [0.29, 0.717) is 32.4 Å². The minimum Gasteiger partial charge on any atom is -0.545 e. The maximum absolute atomic E-state index is 12.9. The molecule has 0 radical (unpaired) electrons. The zero-order chi connectivity index (χ0) is 23.5. The van der Waals surface area contributed by atoms with Crippen molar-refractivity contribution >= 4 is 35.9 Å². The van der Waals surface area contributed by atoms with E-state index in [4.69, 9.17) is 9.47 Å². The molecule has 0 unspecified atom stereocenters. The molecule has 0 aliphatic carbocycles. The van der Waals surface area contributed by atoms with Gasteiger partial charge in [0.05, 0.1) is 29.3 Å². The predicted molar refractivity (Wildman–Crippen MR) is 121 cm³/mol. The molecular formula is C24H17N2O6S-. The number of rotatable bonds is 6. The van der Waals surface area contributed by atoms with Gasteiger partial charge in [0.2, 0.25) is 0 Å². The van der Waals surface area contributed by atoms with Crippen LogP contribution in [0.25, 0.3) is 18.3 Å². The molecule has 0 saturated heterocycles. The Morgan fingerprint density at radius 2 is 1.88 bits per heavy atom. The molecular weight excluding hydrogens is 444 g/mol. The number of carbonyl (C=O) groups is 2. The number of nitrogens with one attached hydrogen (secondary N) is 1. The van der Waals surface area contributed by atoms with Crippen molar-refractivity contribution in [1.82, 2.24) is 9.78 Å². The third kappa shape index (κ3) is 4.48. The maximum Gasteiger partial charge on any atom is 0.353 e. The third-order valence-electron chi connectivity index (χ3n) is 4.79. The Balaban J connectivity index is 1.68. The van der Waals surface area contributed by atoms with Gasteiger partial charge in [-0.15, -0.1) is 11.3 Å². The number of aromatic nitrogens is 2. The second kappa shape index (κ2) is 9.01. The minimum absolute atomic E-state index is 0.00644. The number of carboxylic acid groups (broad SMARTS) is 1. The summed E-state index contributed by atoms with van der Waals surface area (Å²) in [4.78, 5) is 36.6. The number of aromatic carboxylic acids is 1. The fourth-order valence-electron chi connectivity index (χ4n) is 3.14. The van der Waals surface area contributed by atoms with Gasteiger partial charge in [-0.1, -0.05) is 30.8 Å². The van der Waals surface area contributed by atoms with Crippen molar-refractivity contribution in [1.29, 1.82) is 0 Å². The van der Waals surface area contributed by atoms with E-state index >= 15 is 0 Å². The first-order chi connectivity index (χ1) is 15.9. The number of hydrogen-bond donors (Lipinski definition) is 1. The number of thiophene rings is 1. The molecule has 0 spiro atoms. The first-order valence-electron chi connectivity index (χ1n) is 9.64. The van der Waals surface area contributed by atoms with Crippen molar-refractivity contribution in [2.24, 2.45) is 0 Å². The Kier molecular flexibility index (Phi) is 5.97. The van der Waals surface area contributed by atoms with E-state index < -0.39 is 11.9 Å². The fraction of sp³-hybridized carbons (Fsp3) is 0.0417. The normalized spacial score (nSPS) is 11.4. The Bertz CT molecular complexity index is 1500. The molecule has 0 aliphatic heterocycles. The maximum atomic E-state index is 12.9. The lowest BCUT2D eigenvalue weighted by Crippen LogP contribution is -2.34. The van der Waals surface area contributed by atoms with E-state index in [2.05, 4.69) is 11.7 Å². The Hall–Kier alpha value is -4.37. The summed E-state index contributed by atoms with van der Waals surface area (Å²) in [5.41, 5.74) is 0.714. The van der Waals surface area contributed by atoms with Crippen molar-refractivity contribution in [2.75, 3.05) is 7.11 Å². The monoisotopic (exact) mass is 461 g/mol. The van der Waals surface area contributed by atoms with Crippen LogP contribution in [0.1, 0.15) is 25.6 Å². The van der Waals surface area contributed by atoms with Gasteiger partial charge in [0, 0.05) is 0 Å². The van der Waals surface area contributed by atoms with Crippen LogP contribution >= 0.6 is 11.3 Å². The lowest BCUT2D eigenvalue weighted by Gasteiger charge is -2.09. The third-order valence-corrected chi connectivity index (χ3v) is 5.64. The number of benzene rings is 2. The van der Waals surface area contributed by atoms with Crippen LogP contribution in [0.3, 0.4) is 0 Å². The van der Waals surface area contributed by atoms with Crippen molar-refractivity contribution in [2.45, 2.75) is 0 Å².